The number of nitrogens with zero attached hydrogens (tertiary/aromatic N) is 4. The molecule has 1 aromatic rings. The Bertz CT molecular complexity index is 609. The van der Waals surface area contributed by atoms with E-state index in [0.717, 1.165) is 31.7 Å². The first-order valence-corrected chi connectivity index (χ1v) is 9.29. The van der Waals surface area contributed by atoms with Gasteiger partial charge in [0.15, 0.2) is 11.5 Å². The number of carbonyl (C=O) groups is 1. The lowest BCUT2D eigenvalue weighted by molar-refractivity contribution is -0.176. The monoisotopic (exact) mass is 346 g/mol. The maximum Gasteiger partial charge on any atom is 0.274 e. The SMILES string of the molecule is CC1CN(C(=O)c2ccc(N3CCCC3)nn2)CC2(CCOCC2)O1. The molecule has 0 radical (unpaired) electrons. The predicted octanol–water partition coefficient (Wildman–Crippen LogP) is 1.49. The quantitative estimate of drug-likeness (QED) is 0.808. The van der Waals surface area contributed by atoms with Crippen LogP contribution in [0.3, 0.4) is 0 Å². The molecule has 3 saturated heterocycles. The molecule has 0 bridgehead atoms. The second-order valence-electron chi connectivity index (χ2n) is 7.38. The van der Waals surface area contributed by atoms with E-state index in [0.29, 0.717) is 32.0 Å². The van der Waals surface area contributed by atoms with E-state index in [2.05, 4.69) is 15.1 Å². The Balaban J connectivity index is 1.47. The fourth-order valence-corrected chi connectivity index (χ4v) is 4.11. The fourth-order valence-electron chi connectivity index (χ4n) is 4.11. The van der Waals surface area contributed by atoms with E-state index in [9.17, 15) is 4.79 Å². The van der Waals surface area contributed by atoms with Crippen LogP contribution in [0.15, 0.2) is 12.1 Å². The van der Waals surface area contributed by atoms with E-state index in [4.69, 9.17) is 9.47 Å². The third-order valence-electron chi connectivity index (χ3n) is 5.40. The molecule has 1 aromatic heterocycles. The number of morpholine rings is 1. The van der Waals surface area contributed by atoms with Gasteiger partial charge in [-0.2, -0.15) is 0 Å². The molecule has 0 aliphatic carbocycles. The molecular weight excluding hydrogens is 320 g/mol. The standard InChI is InChI=1S/C18H26N4O3/c1-14-12-22(13-18(25-14)6-10-24-11-7-18)17(23)15-4-5-16(20-19-15)21-8-2-3-9-21/h4-5,14H,2-3,6-13H2,1H3. The molecule has 4 heterocycles. The number of carbonyl (C=O) groups excluding carboxylic acids is 1. The van der Waals surface area contributed by atoms with Crippen LogP contribution in [0.5, 0.6) is 0 Å². The summed E-state index contributed by atoms with van der Waals surface area (Å²) in [6.07, 6.45) is 4.08. The summed E-state index contributed by atoms with van der Waals surface area (Å²) in [5.41, 5.74) is 0.147. The molecule has 0 aromatic carbocycles. The lowest BCUT2D eigenvalue weighted by Crippen LogP contribution is -2.58. The number of rotatable bonds is 2. The predicted molar refractivity (Wildman–Crippen MR) is 92.7 cm³/mol. The smallest absolute Gasteiger partial charge is 0.274 e. The van der Waals surface area contributed by atoms with Gasteiger partial charge in [-0.1, -0.05) is 0 Å². The van der Waals surface area contributed by atoms with E-state index in [1.807, 2.05) is 17.9 Å². The van der Waals surface area contributed by atoms with Gasteiger partial charge < -0.3 is 19.3 Å². The van der Waals surface area contributed by atoms with Crippen molar-refractivity contribution in [3.05, 3.63) is 17.8 Å². The molecule has 3 fully saturated rings. The lowest BCUT2D eigenvalue weighted by Gasteiger charge is -2.47. The van der Waals surface area contributed by atoms with Gasteiger partial charge in [-0.3, -0.25) is 4.79 Å². The van der Waals surface area contributed by atoms with E-state index < -0.39 is 0 Å². The molecule has 3 aliphatic rings. The molecule has 0 saturated carbocycles. The van der Waals surface area contributed by atoms with Crippen LogP contribution in [0, 0.1) is 0 Å². The highest BCUT2D eigenvalue weighted by molar-refractivity contribution is 5.92. The van der Waals surface area contributed by atoms with E-state index in [-0.39, 0.29) is 17.6 Å². The van der Waals surface area contributed by atoms with Crippen molar-refractivity contribution in [2.24, 2.45) is 0 Å². The molecule has 1 atom stereocenters. The second kappa shape index (κ2) is 6.88. The summed E-state index contributed by atoms with van der Waals surface area (Å²) in [6.45, 7) is 6.66. The zero-order valence-corrected chi connectivity index (χ0v) is 14.8. The molecule has 1 spiro atoms. The van der Waals surface area contributed by atoms with E-state index in [1.165, 1.54) is 12.8 Å². The zero-order chi connectivity index (χ0) is 17.3. The summed E-state index contributed by atoms with van der Waals surface area (Å²) in [6, 6.07) is 3.72. The fraction of sp³-hybridized carbons (Fsp3) is 0.722. The van der Waals surface area contributed by atoms with E-state index in [1.54, 1.807) is 6.07 Å². The highest BCUT2D eigenvalue weighted by Crippen LogP contribution is 2.32. The first-order valence-electron chi connectivity index (χ1n) is 9.29. The van der Waals surface area contributed by atoms with Crippen LogP contribution < -0.4 is 4.90 Å². The van der Waals surface area contributed by atoms with Crippen molar-refractivity contribution >= 4 is 11.7 Å². The summed E-state index contributed by atoms with van der Waals surface area (Å²) < 4.78 is 11.7. The number of anilines is 1. The zero-order valence-electron chi connectivity index (χ0n) is 14.8. The van der Waals surface area contributed by atoms with Gasteiger partial charge in [0.1, 0.15) is 0 Å². The molecule has 1 unspecified atom stereocenters. The van der Waals surface area contributed by atoms with Gasteiger partial charge in [0, 0.05) is 45.7 Å². The lowest BCUT2D eigenvalue weighted by atomic mass is 9.91. The van der Waals surface area contributed by atoms with Gasteiger partial charge >= 0.3 is 0 Å². The molecule has 7 nitrogen and oxygen atoms in total. The summed E-state index contributed by atoms with van der Waals surface area (Å²) >= 11 is 0. The Labute approximate surface area is 148 Å². The average Bonchev–Trinajstić information content (AvgIpc) is 3.16. The number of ether oxygens (including phenoxy) is 2. The van der Waals surface area contributed by atoms with Gasteiger partial charge in [-0.25, -0.2) is 0 Å². The minimum absolute atomic E-state index is 0.0210. The van der Waals surface area contributed by atoms with Crippen molar-refractivity contribution in [1.29, 1.82) is 0 Å². The molecule has 7 heteroatoms. The Morgan fingerprint density at radius 1 is 1.20 bits per heavy atom. The molecule has 1 amide bonds. The van der Waals surface area contributed by atoms with Crippen molar-refractivity contribution in [3.8, 4) is 0 Å². The third-order valence-corrected chi connectivity index (χ3v) is 5.40. The van der Waals surface area contributed by atoms with Crippen molar-refractivity contribution in [2.45, 2.75) is 44.3 Å². The Morgan fingerprint density at radius 2 is 1.96 bits per heavy atom. The van der Waals surface area contributed by atoms with Gasteiger partial charge in [-0.05, 0) is 31.9 Å². The molecule has 25 heavy (non-hydrogen) atoms. The maximum absolute atomic E-state index is 12.9. The minimum atomic E-state index is -0.269. The van der Waals surface area contributed by atoms with Crippen molar-refractivity contribution in [2.75, 3.05) is 44.3 Å². The van der Waals surface area contributed by atoms with Gasteiger partial charge in [-0.15, -0.1) is 10.2 Å². The van der Waals surface area contributed by atoms with Crippen LogP contribution in [0.4, 0.5) is 5.82 Å². The normalized spacial score (nSPS) is 26.2. The van der Waals surface area contributed by atoms with Crippen molar-refractivity contribution < 1.29 is 14.3 Å². The second-order valence-corrected chi connectivity index (χ2v) is 7.38. The molecule has 3 aliphatic heterocycles. The number of aromatic nitrogens is 2. The van der Waals surface area contributed by atoms with Gasteiger partial charge in [0.25, 0.3) is 5.91 Å². The number of hydrogen-bond donors (Lipinski definition) is 0. The van der Waals surface area contributed by atoms with Crippen LogP contribution in [-0.2, 0) is 9.47 Å². The summed E-state index contributed by atoms with van der Waals surface area (Å²) in [7, 11) is 0. The Hall–Kier alpha value is -1.73. The molecule has 0 N–H and O–H groups in total. The topological polar surface area (TPSA) is 67.8 Å². The number of amides is 1. The van der Waals surface area contributed by atoms with Crippen LogP contribution in [0.25, 0.3) is 0 Å². The first-order chi connectivity index (χ1) is 12.2. The van der Waals surface area contributed by atoms with Crippen molar-refractivity contribution in [1.82, 2.24) is 15.1 Å². The highest BCUT2D eigenvalue weighted by atomic mass is 16.5. The van der Waals surface area contributed by atoms with Crippen LogP contribution >= 0.6 is 0 Å². The summed E-state index contributed by atoms with van der Waals surface area (Å²) in [5.74, 6) is 0.812. The van der Waals surface area contributed by atoms with Crippen LogP contribution in [-0.4, -0.2) is 72.1 Å². The highest BCUT2D eigenvalue weighted by Gasteiger charge is 2.42. The van der Waals surface area contributed by atoms with Crippen LogP contribution in [0.2, 0.25) is 0 Å². The minimum Gasteiger partial charge on any atom is -0.381 e. The maximum atomic E-state index is 12.9. The number of hydrogen-bond acceptors (Lipinski definition) is 6. The first kappa shape index (κ1) is 16.7. The average molecular weight is 346 g/mol. The molecule has 136 valence electrons. The van der Waals surface area contributed by atoms with Crippen LogP contribution in [0.1, 0.15) is 43.1 Å². The Kier molecular flexibility index (Phi) is 4.60. The summed E-state index contributed by atoms with van der Waals surface area (Å²) in [4.78, 5) is 17.0. The third kappa shape index (κ3) is 3.48. The van der Waals surface area contributed by atoms with Gasteiger partial charge in [0.05, 0.1) is 18.2 Å². The largest absolute Gasteiger partial charge is 0.381 e. The molecular formula is C18H26N4O3. The van der Waals surface area contributed by atoms with Gasteiger partial charge in [0.2, 0.25) is 0 Å². The molecule has 4 rings (SSSR count). The van der Waals surface area contributed by atoms with Crippen molar-refractivity contribution in [3.63, 3.8) is 0 Å². The summed E-state index contributed by atoms with van der Waals surface area (Å²) in [5, 5.41) is 8.49. The van der Waals surface area contributed by atoms with E-state index >= 15 is 0 Å². The Morgan fingerprint density at radius 3 is 2.64 bits per heavy atom.